The number of benzene rings is 1. The second kappa shape index (κ2) is 7.99. The number of hydrogen-bond acceptors (Lipinski definition) is 4. The zero-order valence-electron chi connectivity index (χ0n) is 13.8. The minimum atomic E-state index is -0.217. The molecular weight excluding hydrogens is 306 g/mol. The lowest BCUT2D eigenvalue weighted by molar-refractivity contribution is 0.0124. The van der Waals surface area contributed by atoms with E-state index < -0.39 is 0 Å². The number of nitrogens with one attached hydrogen (secondary N) is 2. The van der Waals surface area contributed by atoms with Crippen molar-refractivity contribution in [3.05, 3.63) is 54.0 Å². The molecule has 0 bridgehead atoms. The van der Waals surface area contributed by atoms with Crippen molar-refractivity contribution in [2.75, 3.05) is 38.2 Å². The molecule has 6 heteroatoms. The van der Waals surface area contributed by atoms with E-state index in [-0.39, 0.29) is 12.1 Å². The Bertz CT molecular complexity index is 651. The van der Waals surface area contributed by atoms with Crippen molar-refractivity contribution >= 4 is 11.7 Å². The zero-order chi connectivity index (χ0) is 16.8. The van der Waals surface area contributed by atoms with Crippen LogP contribution in [0.25, 0.3) is 0 Å². The Labute approximate surface area is 141 Å². The van der Waals surface area contributed by atoms with Gasteiger partial charge in [-0.2, -0.15) is 0 Å². The van der Waals surface area contributed by atoms with Crippen LogP contribution in [0.15, 0.2) is 47.1 Å². The van der Waals surface area contributed by atoms with Gasteiger partial charge in [0.1, 0.15) is 5.76 Å². The van der Waals surface area contributed by atoms with E-state index in [9.17, 15) is 4.79 Å². The smallest absolute Gasteiger partial charge is 0.319 e. The fraction of sp³-hybridized carbons (Fsp3) is 0.389. The number of carbonyl (C=O) groups excluding carboxylic acids is 1. The van der Waals surface area contributed by atoms with Gasteiger partial charge in [-0.15, -0.1) is 0 Å². The molecule has 1 fully saturated rings. The summed E-state index contributed by atoms with van der Waals surface area (Å²) in [4.78, 5) is 14.5. The Morgan fingerprint density at radius 2 is 2.08 bits per heavy atom. The summed E-state index contributed by atoms with van der Waals surface area (Å²) in [5.74, 6) is 0.854. The molecule has 0 saturated carbocycles. The molecule has 2 N–H and O–H groups in total. The molecule has 2 amide bonds. The third kappa shape index (κ3) is 4.37. The number of rotatable bonds is 5. The maximum atomic E-state index is 12.2. The summed E-state index contributed by atoms with van der Waals surface area (Å²) >= 11 is 0. The number of aryl methyl sites for hydroxylation is 1. The number of carbonyl (C=O) groups is 1. The third-order valence-electron chi connectivity index (χ3n) is 4.09. The molecule has 1 atom stereocenters. The normalized spacial score (nSPS) is 16.5. The second-order valence-electron chi connectivity index (χ2n) is 5.88. The first kappa shape index (κ1) is 16.5. The minimum Gasteiger partial charge on any atom is -0.468 e. The summed E-state index contributed by atoms with van der Waals surface area (Å²) in [7, 11) is 0. The first-order valence-corrected chi connectivity index (χ1v) is 8.19. The van der Waals surface area contributed by atoms with Gasteiger partial charge in [-0.1, -0.05) is 12.1 Å². The lowest BCUT2D eigenvalue weighted by Crippen LogP contribution is -2.44. The van der Waals surface area contributed by atoms with E-state index >= 15 is 0 Å². The van der Waals surface area contributed by atoms with E-state index in [0.29, 0.717) is 19.8 Å². The van der Waals surface area contributed by atoms with Crippen LogP contribution in [0.2, 0.25) is 0 Å². The topological polar surface area (TPSA) is 66.7 Å². The molecule has 1 aliphatic rings. The van der Waals surface area contributed by atoms with Gasteiger partial charge in [0.05, 0.1) is 25.5 Å². The number of anilines is 1. The highest BCUT2D eigenvalue weighted by atomic mass is 16.5. The molecule has 2 heterocycles. The van der Waals surface area contributed by atoms with Gasteiger partial charge in [0.2, 0.25) is 0 Å². The molecule has 0 radical (unpaired) electrons. The van der Waals surface area contributed by atoms with Crippen LogP contribution in [0.5, 0.6) is 0 Å². The largest absolute Gasteiger partial charge is 0.468 e. The SMILES string of the molecule is Cc1cccc(NC(=O)NCC(c2ccco2)N2CCOCC2)c1. The van der Waals surface area contributed by atoms with Crippen molar-refractivity contribution in [1.82, 2.24) is 10.2 Å². The van der Waals surface area contributed by atoms with Gasteiger partial charge < -0.3 is 19.8 Å². The van der Waals surface area contributed by atoms with Crippen LogP contribution in [-0.4, -0.2) is 43.8 Å². The fourth-order valence-electron chi connectivity index (χ4n) is 2.87. The first-order chi connectivity index (χ1) is 11.7. The molecule has 1 aromatic carbocycles. The van der Waals surface area contributed by atoms with Crippen molar-refractivity contribution in [2.45, 2.75) is 13.0 Å². The molecule has 0 spiro atoms. The van der Waals surface area contributed by atoms with Crippen LogP contribution >= 0.6 is 0 Å². The molecule has 1 unspecified atom stereocenters. The van der Waals surface area contributed by atoms with Crippen LogP contribution in [0.1, 0.15) is 17.4 Å². The average Bonchev–Trinajstić information content (AvgIpc) is 3.10. The molecule has 128 valence electrons. The van der Waals surface area contributed by atoms with Gasteiger partial charge in [0.15, 0.2) is 0 Å². The monoisotopic (exact) mass is 329 g/mol. The van der Waals surface area contributed by atoms with E-state index in [1.54, 1.807) is 6.26 Å². The third-order valence-corrected chi connectivity index (χ3v) is 4.09. The average molecular weight is 329 g/mol. The highest BCUT2D eigenvalue weighted by Gasteiger charge is 2.25. The standard InChI is InChI=1S/C18H23N3O3/c1-14-4-2-5-15(12-14)20-18(22)19-13-16(17-6-3-9-24-17)21-7-10-23-11-8-21/h2-6,9,12,16H,7-8,10-11,13H2,1H3,(H2,19,20,22). The summed E-state index contributed by atoms with van der Waals surface area (Å²) in [5.41, 5.74) is 1.89. The van der Waals surface area contributed by atoms with Gasteiger partial charge >= 0.3 is 6.03 Å². The summed E-state index contributed by atoms with van der Waals surface area (Å²) in [6, 6.07) is 11.3. The van der Waals surface area contributed by atoms with Gasteiger partial charge in [-0.25, -0.2) is 4.79 Å². The van der Waals surface area contributed by atoms with E-state index in [1.807, 2.05) is 43.3 Å². The number of urea groups is 1. The Hall–Kier alpha value is -2.31. The van der Waals surface area contributed by atoms with Gasteiger partial charge in [-0.05, 0) is 36.8 Å². The Balaban J connectivity index is 1.59. The Kier molecular flexibility index (Phi) is 5.51. The maximum absolute atomic E-state index is 12.2. The summed E-state index contributed by atoms with van der Waals surface area (Å²) in [6.45, 7) is 5.53. The van der Waals surface area contributed by atoms with E-state index in [2.05, 4.69) is 15.5 Å². The molecule has 1 aliphatic heterocycles. The van der Waals surface area contributed by atoms with E-state index in [0.717, 1.165) is 30.1 Å². The minimum absolute atomic E-state index is 0.00663. The molecule has 2 aromatic rings. The molecule has 0 aliphatic carbocycles. The quantitative estimate of drug-likeness (QED) is 0.885. The Morgan fingerprint density at radius 3 is 2.79 bits per heavy atom. The number of ether oxygens (including phenoxy) is 1. The number of amides is 2. The molecule has 1 aromatic heterocycles. The summed E-state index contributed by atoms with van der Waals surface area (Å²) in [5, 5.41) is 5.81. The summed E-state index contributed by atoms with van der Waals surface area (Å²) in [6.07, 6.45) is 1.66. The van der Waals surface area contributed by atoms with E-state index in [1.165, 1.54) is 0 Å². The zero-order valence-corrected chi connectivity index (χ0v) is 13.8. The molecule has 1 saturated heterocycles. The second-order valence-corrected chi connectivity index (χ2v) is 5.88. The fourth-order valence-corrected chi connectivity index (χ4v) is 2.87. The molecule has 3 rings (SSSR count). The van der Waals surface area contributed by atoms with Crippen molar-refractivity contribution in [3.8, 4) is 0 Å². The van der Waals surface area contributed by atoms with E-state index in [4.69, 9.17) is 9.15 Å². The number of furan rings is 1. The van der Waals surface area contributed by atoms with Crippen molar-refractivity contribution < 1.29 is 13.9 Å². The number of morpholine rings is 1. The van der Waals surface area contributed by atoms with Crippen LogP contribution in [-0.2, 0) is 4.74 Å². The highest BCUT2D eigenvalue weighted by Crippen LogP contribution is 2.21. The van der Waals surface area contributed by atoms with Gasteiger partial charge in [-0.3, -0.25) is 4.90 Å². The van der Waals surface area contributed by atoms with Gasteiger partial charge in [0, 0.05) is 25.3 Å². The number of nitrogens with zero attached hydrogens (tertiary/aromatic N) is 1. The van der Waals surface area contributed by atoms with Gasteiger partial charge in [0.25, 0.3) is 0 Å². The highest BCUT2D eigenvalue weighted by molar-refractivity contribution is 5.89. The Morgan fingerprint density at radius 1 is 1.25 bits per heavy atom. The lowest BCUT2D eigenvalue weighted by atomic mass is 10.1. The predicted octanol–water partition coefficient (Wildman–Crippen LogP) is 2.78. The molecule has 24 heavy (non-hydrogen) atoms. The number of hydrogen-bond donors (Lipinski definition) is 2. The van der Waals surface area contributed by atoms with Crippen molar-refractivity contribution in [3.63, 3.8) is 0 Å². The maximum Gasteiger partial charge on any atom is 0.319 e. The van der Waals surface area contributed by atoms with Crippen molar-refractivity contribution in [1.29, 1.82) is 0 Å². The predicted molar refractivity (Wildman–Crippen MR) is 92.0 cm³/mol. The lowest BCUT2D eigenvalue weighted by Gasteiger charge is -2.33. The summed E-state index contributed by atoms with van der Waals surface area (Å²) < 4.78 is 11.0. The van der Waals surface area contributed by atoms with Crippen LogP contribution in [0.3, 0.4) is 0 Å². The van der Waals surface area contributed by atoms with Crippen molar-refractivity contribution in [2.24, 2.45) is 0 Å². The first-order valence-electron chi connectivity index (χ1n) is 8.19. The van der Waals surface area contributed by atoms with Crippen LogP contribution in [0, 0.1) is 6.92 Å². The van der Waals surface area contributed by atoms with Crippen LogP contribution in [0.4, 0.5) is 10.5 Å². The molecular formula is C18H23N3O3. The molecule has 6 nitrogen and oxygen atoms in total. The van der Waals surface area contributed by atoms with Crippen LogP contribution < -0.4 is 10.6 Å².